The van der Waals surface area contributed by atoms with Crippen LogP contribution in [0.15, 0.2) is 0 Å². The topological polar surface area (TPSA) is 35.9 Å². The van der Waals surface area contributed by atoms with Crippen LogP contribution < -0.4 is 0 Å². The fraction of sp³-hybridized carbons (Fsp3) is 1.00. The van der Waals surface area contributed by atoms with Gasteiger partial charge in [-0.15, -0.1) is 0 Å². The number of hydrogen-bond donors (Lipinski definition) is 1. The zero-order valence-corrected chi connectivity index (χ0v) is 12.4. The first kappa shape index (κ1) is 15.9. The van der Waals surface area contributed by atoms with Gasteiger partial charge in [0.2, 0.25) is 0 Å². The molecular formula is C14H30N2O2. The van der Waals surface area contributed by atoms with Crippen molar-refractivity contribution in [1.82, 2.24) is 9.80 Å². The number of hydrogen-bond acceptors (Lipinski definition) is 4. The second-order valence-corrected chi connectivity index (χ2v) is 5.68. The number of likely N-dealkylation sites (tertiary alicyclic amines) is 1. The third-order valence-electron chi connectivity index (χ3n) is 3.57. The monoisotopic (exact) mass is 258 g/mol. The van der Waals surface area contributed by atoms with E-state index < -0.39 is 0 Å². The fourth-order valence-electron chi connectivity index (χ4n) is 2.67. The van der Waals surface area contributed by atoms with Crippen molar-refractivity contribution in [2.45, 2.75) is 51.9 Å². The molecule has 1 N–H and O–H groups in total. The Bertz CT molecular complexity index is 224. The minimum atomic E-state index is -0.381. The molecule has 1 saturated heterocycles. The van der Waals surface area contributed by atoms with Crippen LogP contribution in [0.2, 0.25) is 0 Å². The summed E-state index contributed by atoms with van der Waals surface area (Å²) in [5.41, 5.74) is 0. The summed E-state index contributed by atoms with van der Waals surface area (Å²) in [7, 11) is 2.09. The Morgan fingerprint density at radius 3 is 2.78 bits per heavy atom. The molecule has 2 unspecified atom stereocenters. The first-order chi connectivity index (χ1) is 8.52. The van der Waals surface area contributed by atoms with Crippen LogP contribution >= 0.6 is 0 Å². The zero-order chi connectivity index (χ0) is 13.5. The lowest BCUT2D eigenvalue weighted by Gasteiger charge is -2.29. The van der Waals surface area contributed by atoms with E-state index in [1.54, 1.807) is 0 Å². The van der Waals surface area contributed by atoms with Gasteiger partial charge in [-0.2, -0.15) is 0 Å². The number of aliphatic hydroxyl groups is 1. The minimum absolute atomic E-state index is 0.190. The molecule has 0 bridgehead atoms. The summed E-state index contributed by atoms with van der Waals surface area (Å²) >= 11 is 0. The van der Waals surface area contributed by atoms with Crippen molar-refractivity contribution in [1.29, 1.82) is 0 Å². The molecule has 0 aromatic heterocycles. The Hall–Kier alpha value is -0.160. The summed E-state index contributed by atoms with van der Waals surface area (Å²) in [5, 5.41) is 9.89. The van der Waals surface area contributed by atoms with Crippen LogP contribution in [0, 0.1) is 0 Å². The van der Waals surface area contributed by atoms with Crippen LogP contribution in [-0.2, 0) is 4.74 Å². The molecule has 2 atom stereocenters. The maximum Gasteiger partial charge on any atom is 0.0900 e. The van der Waals surface area contributed by atoms with E-state index in [1.165, 1.54) is 19.4 Å². The molecule has 0 spiro atoms. The van der Waals surface area contributed by atoms with Crippen molar-refractivity contribution in [3.63, 3.8) is 0 Å². The number of nitrogens with zero attached hydrogens (tertiary/aromatic N) is 2. The third kappa shape index (κ3) is 5.65. The summed E-state index contributed by atoms with van der Waals surface area (Å²) < 4.78 is 5.43. The SMILES string of the molecule is CCN1CCCC1CN(C)CC(O)COC(C)C. The minimum Gasteiger partial charge on any atom is -0.389 e. The van der Waals surface area contributed by atoms with Crippen molar-refractivity contribution in [3.8, 4) is 0 Å². The van der Waals surface area contributed by atoms with E-state index in [1.807, 2.05) is 13.8 Å². The molecular weight excluding hydrogens is 228 g/mol. The molecule has 1 aliphatic rings. The lowest BCUT2D eigenvalue weighted by molar-refractivity contribution is -0.00746. The molecule has 0 amide bonds. The average Bonchev–Trinajstić information content (AvgIpc) is 2.73. The van der Waals surface area contributed by atoms with E-state index in [0.29, 0.717) is 19.2 Å². The van der Waals surface area contributed by atoms with Crippen molar-refractivity contribution >= 4 is 0 Å². The summed E-state index contributed by atoms with van der Waals surface area (Å²) in [5.74, 6) is 0. The highest BCUT2D eigenvalue weighted by atomic mass is 16.5. The highest BCUT2D eigenvalue weighted by Crippen LogP contribution is 2.17. The first-order valence-electron chi connectivity index (χ1n) is 7.25. The second-order valence-electron chi connectivity index (χ2n) is 5.68. The standard InChI is InChI=1S/C14H30N2O2/c1-5-16-8-6-7-13(16)9-15(4)10-14(17)11-18-12(2)3/h12-14,17H,5-11H2,1-4H3. The Balaban J connectivity index is 2.21. The molecule has 4 heteroatoms. The molecule has 0 saturated carbocycles. The van der Waals surface area contributed by atoms with Gasteiger partial charge in [0, 0.05) is 19.1 Å². The van der Waals surface area contributed by atoms with Gasteiger partial charge in [0.05, 0.1) is 18.8 Å². The summed E-state index contributed by atoms with van der Waals surface area (Å²) in [6, 6.07) is 0.665. The van der Waals surface area contributed by atoms with Crippen LogP contribution in [-0.4, -0.2) is 73.0 Å². The van der Waals surface area contributed by atoms with Gasteiger partial charge in [-0.05, 0) is 46.8 Å². The summed E-state index contributed by atoms with van der Waals surface area (Å²) in [6.07, 6.45) is 2.41. The molecule has 0 aromatic rings. The zero-order valence-electron chi connectivity index (χ0n) is 12.4. The quantitative estimate of drug-likeness (QED) is 0.709. The van der Waals surface area contributed by atoms with Gasteiger partial charge in [-0.3, -0.25) is 4.90 Å². The van der Waals surface area contributed by atoms with Crippen molar-refractivity contribution in [3.05, 3.63) is 0 Å². The number of ether oxygens (including phenoxy) is 1. The van der Waals surface area contributed by atoms with Gasteiger partial charge in [-0.1, -0.05) is 6.92 Å². The number of aliphatic hydroxyl groups excluding tert-OH is 1. The normalized spacial score (nSPS) is 23.2. The highest BCUT2D eigenvalue weighted by Gasteiger charge is 2.24. The summed E-state index contributed by atoms with van der Waals surface area (Å²) in [6.45, 7) is 10.8. The molecule has 1 heterocycles. The van der Waals surface area contributed by atoms with Gasteiger partial charge in [0.25, 0.3) is 0 Å². The molecule has 18 heavy (non-hydrogen) atoms. The van der Waals surface area contributed by atoms with Gasteiger partial charge in [0.1, 0.15) is 0 Å². The molecule has 1 aliphatic heterocycles. The maximum atomic E-state index is 9.89. The average molecular weight is 258 g/mol. The Morgan fingerprint density at radius 2 is 2.17 bits per heavy atom. The number of rotatable bonds is 8. The van der Waals surface area contributed by atoms with Gasteiger partial charge in [-0.25, -0.2) is 0 Å². The van der Waals surface area contributed by atoms with Gasteiger partial charge < -0.3 is 14.7 Å². The molecule has 1 rings (SSSR count). The summed E-state index contributed by atoms with van der Waals surface area (Å²) in [4.78, 5) is 4.76. The lowest BCUT2D eigenvalue weighted by atomic mass is 10.2. The molecule has 1 fully saturated rings. The van der Waals surface area contributed by atoms with Crippen LogP contribution in [0.25, 0.3) is 0 Å². The van der Waals surface area contributed by atoms with Crippen LogP contribution in [0.3, 0.4) is 0 Å². The fourth-order valence-corrected chi connectivity index (χ4v) is 2.67. The van der Waals surface area contributed by atoms with Gasteiger partial charge in [0.15, 0.2) is 0 Å². The Kier molecular flexibility index (Phi) is 7.15. The van der Waals surface area contributed by atoms with Gasteiger partial charge >= 0.3 is 0 Å². The highest BCUT2D eigenvalue weighted by molar-refractivity contribution is 4.81. The number of likely N-dealkylation sites (N-methyl/N-ethyl adjacent to an activating group) is 2. The van der Waals surface area contributed by atoms with E-state index in [9.17, 15) is 5.11 Å². The van der Waals surface area contributed by atoms with Crippen molar-refractivity contribution in [2.24, 2.45) is 0 Å². The largest absolute Gasteiger partial charge is 0.389 e. The van der Waals surface area contributed by atoms with E-state index in [4.69, 9.17) is 4.74 Å². The smallest absolute Gasteiger partial charge is 0.0900 e. The van der Waals surface area contributed by atoms with E-state index in [0.717, 1.165) is 13.1 Å². The predicted molar refractivity (Wildman–Crippen MR) is 74.9 cm³/mol. The lowest BCUT2D eigenvalue weighted by Crippen LogP contribution is -2.42. The van der Waals surface area contributed by atoms with E-state index >= 15 is 0 Å². The Morgan fingerprint density at radius 1 is 1.44 bits per heavy atom. The third-order valence-corrected chi connectivity index (χ3v) is 3.57. The van der Waals surface area contributed by atoms with E-state index in [-0.39, 0.29) is 12.2 Å². The molecule has 0 radical (unpaired) electrons. The van der Waals surface area contributed by atoms with Crippen LogP contribution in [0.1, 0.15) is 33.6 Å². The first-order valence-corrected chi connectivity index (χ1v) is 7.25. The van der Waals surface area contributed by atoms with Crippen LogP contribution in [0.5, 0.6) is 0 Å². The Labute approximate surface area is 112 Å². The maximum absolute atomic E-state index is 9.89. The molecule has 4 nitrogen and oxygen atoms in total. The molecule has 0 aliphatic carbocycles. The van der Waals surface area contributed by atoms with Crippen LogP contribution in [0.4, 0.5) is 0 Å². The van der Waals surface area contributed by atoms with Crippen molar-refractivity contribution < 1.29 is 9.84 Å². The van der Waals surface area contributed by atoms with E-state index in [2.05, 4.69) is 23.8 Å². The molecule has 0 aromatic carbocycles. The van der Waals surface area contributed by atoms with Crippen molar-refractivity contribution in [2.75, 3.05) is 39.8 Å². The molecule has 108 valence electrons. The predicted octanol–water partition coefficient (Wildman–Crippen LogP) is 1.19. The second kappa shape index (κ2) is 8.10.